The van der Waals surface area contributed by atoms with Gasteiger partial charge in [0.05, 0.1) is 18.6 Å². The number of rotatable bonds is 6. The zero-order valence-electron chi connectivity index (χ0n) is 11.4. The van der Waals surface area contributed by atoms with Crippen molar-refractivity contribution in [3.8, 4) is 0 Å². The first kappa shape index (κ1) is 14.0. The summed E-state index contributed by atoms with van der Waals surface area (Å²) in [5.74, 6) is 0.537. The number of nitrogens with zero attached hydrogens (tertiary/aromatic N) is 1. The Hall–Kier alpha value is -1.46. The van der Waals surface area contributed by atoms with Crippen LogP contribution in [0, 0.1) is 5.92 Å². The van der Waals surface area contributed by atoms with Crippen LogP contribution >= 0.6 is 0 Å². The van der Waals surface area contributed by atoms with E-state index in [9.17, 15) is 9.90 Å². The summed E-state index contributed by atoms with van der Waals surface area (Å²) >= 11 is 0. The van der Waals surface area contributed by atoms with E-state index in [0.717, 1.165) is 23.3 Å². The highest BCUT2D eigenvalue weighted by atomic mass is 16.3. The molecule has 1 aliphatic carbocycles. The number of fused-ring (bicyclic) bond motifs is 1. The minimum Gasteiger partial charge on any atom is -0.395 e. The molecule has 0 bridgehead atoms. The molecule has 0 amide bonds. The summed E-state index contributed by atoms with van der Waals surface area (Å²) in [5, 5.41) is 12.7. The Labute approximate surface area is 112 Å². The van der Waals surface area contributed by atoms with Gasteiger partial charge in [0.1, 0.15) is 0 Å². The maximum Gasteiger partial charge on any atom is 0.254 e. The van der Waals surface area contributed by atoms with Gasteiger partial charge in [-0.05, 0) is 24.3 Å². The third-order valence-electron chi connectivity index (χ3n) is 3.36. The van der Waals surface area contributed by atoms with Crippen molar-refractivity contribution in [3.63, 3.8) is 0 Å². The molecule has 2 rings (SSSR count). The smallest absolute Gasteiger partial charge is 0.254 e. The Bertz CT molecular complexity index is 520. The van der Waals surface area contributed by atoms with Gasteiger partial charge in [0.2, 0.25) is 0 Å². The zero-order chi connectivity index (χ0) is 13.8. The Balaban J connectivity index is 1.99. The first-order chi connectivity index (χ1) is 9.11. The molecule has 5 heteroatoms. The molecule has 0 aliphatic heterocycles. The maximum absolute atomic E-state index is 11.6. The highest BCUT2D eigenvalue weighted by Gasteiger charge is 2.19. The van der Waals surface area contributed by atoms with E-state index in [0.29, 0.717) is 18.9 Å². The summed E-state index contributed by atoms with van der Waals surface area (Å²) in [5.41, 5.74) is 2.52. The Morgan fingerprint density at radius 3 is 3.00 bits per heavy atom. The van der Waals surface area contributed by atoms with Gasteiger partial charge < -0.3 is 15.4 Å². The lowest BCUT2D eigenvalue weighted by atomic mass is 10.0. The number of allylic oxidation sites excluding steroid dienone is 1. The molecule has 3 N–H and O–H groups in total. The van der Waals surface area contributed by atoms with Crippen molar-refractivity contribution < 1.29 is 5.11 Å². The van der Waals surface area contributed by atoms with Crippen LogP contribution in [0.4, 0.5) is 0 Å². The van der Waals surface area contributed by atoms with Gasteiger partial charge in [-0.25, -0.2) is 4.98 Å². The predicted molar refractivity (Wildman–Crippen MR) is 74.9 cm³/mol. The van der Waals surface area contributed by atoms with Crippen LogP contribution in [-0.4, -0.2) is 34.3 Å². The first-order valence-corrected chi connectivity index (χ1v) is 6.72. The largest absolute Gasteiger partial charge is 0.395 e. The van der Waals surface area contributed by atoms with E-state index >= 15 is 0 Å². The number of hydrogen-bond donors (Lipinski definition) is 3. The summed E-state index contributed by atoms with van der Waals surface area (Å²) in [7, 11) is 0. The van der Waals surface area contributed by atoms with Crippen LogP contribution in [0.5, 0.6) is 0 Å². The molecular weight excluding hydrogens is 242 g/mol. The number of H-pyrrole nitrogens is 1. The van der Waals surface area contributed by atoms with Gasteiger partial charge in [0, 0.05) is 18.2 Å². The second-order valence-electron chi connectivity index (χ2n) is 5.38. The van der Waals surface area contributed by atoms with E-state index in [1.54, 1.807) is 0 Å². The normalized spacial score (nSPS) is 15.5. The maximum atomic E-state index is 11.6. The SMILES string of the molecule is CC(C)C[C@@H](CO)NCC1=CCc2c1nc[nH]c2=O. The third-order valence-corrected chi connectivity index (χ3v) is 3.36. The van der Waals surface area contributed by atoms with Crippen LogP contribution in [-0.2, 0) is 6.42 Å². The first-order valence-electron chi connectivity index (χ1n) is 6.72. The quantitative estimate of drug-likeness (QED) is 0.706. The predicted octanol–water partition coefficient (Wildman–Crippen LogP) is 0.706. The molecule has 104 valence electrons. The number of aliphatic hydroxyl groups is 1. The average molecular weight is 263 g/mol. The van der Waals surface area contributed by atoms with Crippen LogP contribution in [0.25, 0.3) is 5.57 Å². The van der Waals surface area contributed by atoms with E-state index in [1.165, 1.54) is 6.33 Å². The van der Waals surface area contributed by atoms with Gasteiger partial charge in [-0.3, -0.25) is 4.79 Å². The molecule has 0 fully saturated rings. The summed E-state index contributed by atoms with van der Waals surface area (Å²) in [6, 6.07) is 0.0898. The van der Waals surface area contributed by atoms with E-state index in [2.05, 4.69) is 29.1 Å². The minimum absolute atomic E-state index is 0.0582. The summed E-state index contributed by atoms with van der Waals surface area (Å²) in [6.45, 7) is 5.04. The zero-order valence-corrected chi connectivity index (χ0v) is 11.4. The van der Waals surface area contributed by atoms with E-state index in [1.807, 2.05) is 6.08 Å². The summed E-state index contributed by atoms with van der Waals surface area (Å²) in [6.07, 6.45) is 5.05. The second-order valence-corrected chi connectivity index (χ2v) is 5.38. The molecule has 0 aromatic carbocycles. The third kappa shape index (κ3) is 3.30. The minimum atomic E-state index is -0.0582. The molecule has 1 heterocycles. The molecule has 1 aromatic rings. The second kappa shape index (κ2) is 6.12. The van der Waals surface area contributed by atoms with Crippen molar-refractivity contribution in [3.05, 3.63) is 34.0 Å². The fourth-order valence-corrected chi connectivity index (χ4v) is 2.42. The molecule has 0 spiro atoms. The van der Waals surface area contributed by atoms with Gasteiger partial charge >= 0.3 is 0 Å². The standard InChI is InChI=1S/C14H21N3O2/c1-9(2)5-11(7-18)15-6-10-3-4-12-13(10)16-8-17-14(12)19/h3,8-9,11,15,18H,4-7H2,1-2H3,(H,16,17,19)/t11-/m0/s1. The van der Waals surface area contributed by atoms with Gasteiger partial charge in [-0.1, -0.05) is 19.9 Å². The van der Waals surface area contributed by atoms with Gasteiger partial charge in [0.15, 0.2) is 0 Å². The van der Waals surface area contributed by atoms with Crippen molar-refractivity contribution in [2.75, 3.05) is 13.2 Å². The number of aromatic nitrogens is 2. The van der Waals surface area contributed by atoms with E-state index in [-0.39, 0.29) is 18.2 Å². The van der Waals surface area contributed by atoms with E-state index < -0.39 is 0 Å². The molecular formula is C14H21N3O2. The van der Waals surface area contributed by atoms with Crippen molar-refractivity contribution in [2.24, 2.45) is 5.92 Å². The number of aliphatic hydroxyl groups excluding tert-OH is 1. The number of nitrogens with one attached hydrogen (secondary N) is 2. The lowest BCUT2D eigenvalue weighted by molar-refractivity contribution is 0.228. The average Bonchev–Trinajstić information content (AvgIpc) is 2.79. The Kier molecular flexibility index (Phi) is 4.50. The van der Waals surface area contributed by atoms with Crippen molar-refractivity contribution >= 4 is 5.57 Å². The van der Waals surface area contributed by atoms with Crippen LogP contribution in [0.1, 0.15) is 31.5 Å². The highest BCUT2D eigenvalue weighted by Crippen LogP contribution is 2.21. The molecule has 0 saturated carbocycles. The number of aromatic amines is 1. The van der Waals surface area contributed by atoms with Crippen LogP contribution in [0.2, 0.25) is 0 Å². The van der Waals surface area contributed by atoms with Crippen molar-refractivity contribution in [2.45, 2.75) is 32.7 Å². The lowest BCUT2D eigenvalue weighted by Gasteiger charge is -2.18. The monoisotopic (exact) mass is 263 g/mol. The fourth-order valence-electron chi connectivity index (χ4n) is 2.42. The van der Waals surface area contributed by atoms with E-state index in [4.69, 9.17) is 0 Å². The van der Waals surface area contributed by atoms with Gasteiger partial charge in [0.25, 0.3) is 5.56 Å². The molecule has 5 nitrogen and oxygen atoms in total. The number of hydrogen-bond acceptors (Lipinski definition) is 4. The lowest BCUT2D eigenvalue weighted by Crippen LogP contribution is -2.34. The summed E-state index contributed by atoms with van der Waals surface area (Å²) < 4.78 is 0. The van der Waals surface area contributed by atoms with Crippen LogP contribution in [0.3, 0.4) is 0 Å². The topological polar surface area (TPSA) is 78.0 Å². The highest BCUT2D eigenvalue weighted by molar-refractivity contribution is 5.70. The molecule has 0 saturated heterocycles. The fraction of sp³-hybridized carbons (Fsp3) is 0.571. The molecule has 1 atom stereocenters. The van der Waals surface area contributed by atoms with Crippen molar-refractivity contribution in [1.82, 2.24) is 15.3 Å². The van der Waals surface area contributed by atoms with Crippen LogP contribution < -0.4 is 10.9 Å². The summed E-state index contributed by atoms with van der Waals surface area (Å²) in [4.78, 5) is 18.4. The van der Waals surface area contributed by atoms with Crippen LogP contribution in [0.15, 0.2) is 17.2 Å². The Morgan fingerprint density at radius 1 is 1.53 bits per heavy atom. The molecule has 0 unspecified atom stereocenters. The van der Waals surface area contributed by atoms with Gasteiger partial charge in [-0.2, -0.15) is 0 Å². The van der Waals surface area contributed by atoms with Crippen molar-refractivity contribution in [1.29, 1.82) is 0 Å². The molecule has 1 aliphatic rings. The van der Waals surface area contributed by atoms with Gasteiger partial charge in [-0.15, -0.1) is 0 Å². The Morgan fingerprint density at radius 2 is 2.32 bits per heavy atom. The molecule has 19 heavy (non-hydrogen) atoms. The molecule has 0 radical (unpaired) electrons. The molecule has 1 aromatic heterocycles.